The average Bonchev–Trinajstić information content (AvgIpc) is 2.38. The molecule has 0 saturated heterocycles. The second-order valence-electron chi connectivity index (χ2n) is 4.08. The third-order valence-corrected chi connectivity index (χ3v) is 3.26. The van der Waals surface area contributed by atoms with Crippen LogP contribution < -0.4 is 4.74 Å². The lowest BCUT2D eigenvalue weighted by atomic mass is 10.0. The van der Waals surface area contributed by atoms with Crippen molar-refractivity contribution in [1.29, 1.82) is 0 Å². The molecule has 0 aliphatic heterocycles. The van der Waals surface area contributed by atoms with Crippen molar-refractivity contribution in [2.24, 2.45) is 0 Å². The van der Waals surface area contributed by atoms with Gasteiger partial charge in [0, 0.05) is 17.0 Å². The van der Waals surface area contributed by atoms with Crippen molar-refractivity contribution < 1.29 is 9.53 Å². The van der Waals surface area contributed by atoms with E-state index in [0.29, 0.717) is 27.8 Å². The van der Waals surface area contributed by atoms with Crippen LogP contribution in [0.3, 0.4) is 0 Å². The highest BCUT2D eigenvalue weighted by atomic mass is 35.5. The van der Waals surface area contributed by atoms with E-state index in [1.165, 1.54) is 7.11 Å². The molecule has 4 heteroatoms. The van der Waals surface area contributed by atoms with Gasteiger partial charge in [0.2, 0.25) is 0 Å². The van der Waals surface area contributed by atoms with Gasteiger partial charge in [-0.25, -0.2) is 0 Å². The minimum atomic E-state index is -0.00757. The van der Waals surface area contributed by atoms with Crippen molar-refractivity contribution in [3.8, 4) is 5.75 Å². The summed E-state index contributed by atoms with van der Waals surface area (Å²) in [6.07, 6.45) is 0.295. The van der Waals surface area contributed by atoms with E-state index in [-0.39, 0.29) is 5.78 Å². The Kier molecular flexibility index (Phi) is 4.46. The number of carbonyl (C=O) groups is 1. The van der Waals surface area contributed by atoms with Gasteiger partial charge < -0.3 is 4.74 Å². The second-order valence-corrected chi connectivity index (χ2v) is 4.92. The van der Waals surface area contributed by atoms with Crippen molar-refractivity contribution in [3.63, 3.8) is 0 Å². The summed E-state index contributed by atoms with van der Waals surface area (Å²) in [5.41, 5.74) is 1.44. The smallest absolute Gasteiger partial charge is 0.167 e. The number of hydrogen-bond donors (Lipinski definition) is 0. The number of ether oxygens (including phenoxy) is 1. The highest BCUT2D eigenvalue weighted by Gasteiger charge is 2.10. The van der Waals surface area contributed by atoms with Crippen molar-refractivity contribution in [2.45, 2.75) is 6.42 Å². The van der Waals surface area contributed by atoms with E-state index in [2.05, 4.69) is 0 Å². The molecule has 0 aromatic heterocycles. The van der Waals surface area contributed by atoms with Crippen LogP contribution in [0.4, 0.5) is 0 Å². The van der Waals surface area contributed by atoms with Crippen molar-refractivity contribution in [1.82, 2.24) is 0 Å². The van der Waals surface area contributed by atoms with E-state index in [1.807, 2.05) is 12.1 Å². The Balaban J connectivity index is 2.18. The summed E-state index contributed by atoms with van der Waals surface area (Å²) >= 11 is 11.9. The van der Waals surface area contributed by atoms with Gasteiger partial charge in [-0.15, -0.1) is 0 Å². The fourth-order valence-electron chi connectivity index (χ4n) is 1.77. The third-order valence-electron chi connectivity index (χ3n) is 2.73. The van der Waals surface area contributed by atoms with Gasteiger partial charge in [0.15, 0.2) is 5.78 Å². The van der Waals surface area contributed by atoms with Crippen LogP contribution in [0.2, 0.25) is 10.0 Å². The molecular formula is C15H12Cl2O2. The molecule has 0 spiro atoms. The fourth-order valence-corrected chi connectivity index (χ4v) is 2.24. The largest absolute Gasteiger partial charge is 0.495 e. The summed E-state index contributed by atoms with van der Waals surface area (Å²) in [4.78, 5) is 12.1. The first-order chi connectivity index (χ1) is 9.10. The summed E-state index contributed by atoms with van der Waals surface area (Å²) in [6, 6.07) is 12.3. The van der Waals surface area contributed by atoms with E-state index in [0.717, 1.165) is 5.56 Å². The van der Waals surface area contributed by atoms with E-state index in [9.17, 15) is 4.79 Å². The lowest BCUT2D eigenvalue weighted by Gasteiger charge is -2.06. The zero-order chi connectivity index (χ0) is 13.8. The first-order valence-corrected chi connectivity index (χ1v) is 6.47. The molecular weight excluding hydrogens is 283 g/mol. The van der Waals surface area contributed by atoms with E-state index in [4.69, 9.17) is 27.9 Å². The van der Waals surface area contributed by atoms with Crippen LogP contribution in [-0.4, -0.2) is 12.9 Å². The van der Waals surface area contributed by atoms with Crippen LogP contribution in [0.5, 0.6) is 5.75 Å². The van der Waals surface area contributed by atoms with E-state index in [1.54, 1.807) is 30.3 Å². The standard InChI is InChI=1S/C15H12Cl2O2/c1-19-15-6-5-11(9-13(15)17)14(18)8-10-3-2-4-12(16)7-10/h2-7,9H,8H2,1H3. The van der Waals surface area contributed by atoms with E-state index < -0.39 is 0 Å². The van der Waals surface area contributed by atoms with Gasteiger partial charge in [0.25, 0.3) is 0 Å². The van der Waals surface area contributed by atoms with Crippen LogP contribution in [0.25, 0.3) is 0 Å². The van der Waals surface area contributed by atoms with E-state index >= 15 is 0 Å². The molecule has 0 atom stereocenters. The van der Waals surface area contributed by atoms with Crippen molar-refractivity contribution in [2.75, 3.05) is 7.11 Å². The lowest BCUT2D eigenvalue weighted by Crippen LogP contribution is -2.03. The van der Waals surface area contributed by atoms with Gasteiger partial charge >= 0.3 is 0 Å². The number of carbonyl (C=O) groups excluding carboxylic acids is 1. The second kappa shape index (κ2) is 6.09. The number of halogens is 2. The molecule has 0 heterocycles. The molecule has 0 bridgehead atoms. The Labute approximate surface area is 121 Å². The van der Waals surface area contributed by atoms with Crippen molar-refractivity contribution in [3.05, 3.63) is 63.6 Å². The van der Waals surface area contributed by atoms with Crippen LogP contribution >= 0.6 is 23.2 Å². The average molecular weight is 295 g/mol. The Morgan fingerprint density at radius 2 is 1.95 bits per heavy atom. The molecule has 0 saturated carbocycles. The minimum absolute atomic E-state index is 0.00757. The molecule has 19 heavy (non-hydrogen) atoms. The Morgan fingerprint density at radius 1 is 1.16 bits per heavy atom. The first kappa shape index (κ1) is 13.9. The molecule has 0 fully saturated rings. The molecule has 0 radical (unpaired) electrons. The molecule has 98 valence electrons. The van der Waals surface area contributed by atoms with Crippen molar-refractivity contribution >= 4 is 29.0 Å². The van der Waals surface area contributed by atoms with Gasteiger partial charge in [-0.3, -0.25) is 4.79 Å². The van der Waals surface area contributed by atoms with Gasteiger partial charge in [-0.05, 0) is 35.9 Å². The van der Waals surface area contributed by atoms with Gasteiger partial charge in [-0.2, -0.15) is 0 Å². The maximum atomic E-state index is 12.1. The van der Waals surface area contributed by atoms with Crippen LogP contribution in [0.15, 0.2) is 42.5 Å². The summed E-state index contributed by atoms with van der Waals surface area (Å²) in [6.45, 7) is 0. The minimum Gasteiger partial charge on any atom is -0.495 e. The highest BCUT2D eigenvalue weighted by molar-refractivity contribution is 6.32. The molecule has 2 nitrogen and oxygen atoms in total. The monoisotopic (exact) mass is 294 g/mol. The Hall–Kier alpha value is -1.51. The van der Waals surface area contributed by atoms with Gasteiger partial charge in [0.05, 0.1) is 12.1 Å². The predicted octanol–water partition coefficient (Wildman–Crippen LogP) is 4.43. The summed E-state index contributed by atoms with van der Waals surface area (Å²) < 4.78 is 5.05. The maximum Gasteiger partial charge on any atom is 0.167 e. The molecule has 0 N–H and O–H groups in total. The number of hydrogen-bond acceptors (Lipinski definition) is 2. The molecule has 2 aromatic rings. The zero-order valence-corrected chi connectivity index (χ0v) is 11.8. The molecule has 0 amide bonds. The molecule has 2 aromatic carbocycles. The lowest BCUT2D eigenvalue weighted by molar-refractivity contribution is 0.0993. The van der Waals surface area contributed by atoms with Crippen LogP contribution in [0.1, 0.15) is 15.9 Å². The Morgan fingerprint density at radius 3 is 2.58 bits per heavy atom. The fraction of sp³-hybridized carbons (Fsp3) is 0.133. The maximum absolute atomic E-state index is 12.1. The summed E-state index contributed by atoms with van der Waals surface area (Å²) in [5, 5.41) is 1.05. The molecule has 0 aliphatic rings. The van der Waals surface area contributed by atoms with Crippen LogP contribution in [0, 0.1) is 0 Å². The normalized spacial score (nSPS) is 10.3. The summed E-state index contributed by atoms with van der Waals surface area (Å²) in [7, 11) is 1.54. The summed E-state index contributed by atoms with van der Waals surface area (Å²) in [5.74, 6) is 0.549. The number of benzene rings is 2. The van der Waals surface area contributed by atoms with Gasteiger partial charge in [-0.1, -0.05) is 35.3 Å². The third kappa shape index (κ3) is 3.49. The molecule has 0 unspecified atom stereocenters. The van der Waals surface area contributed by atoms with Crippen LogP contribution in [-0.2, 0) is 6.42 Å². The SMILES string of the molecule is COc1ccc(C(=O)Cc2cccc(Cl)c2)cc1Cl. The first-order valence-electron chi connectivity index (χ1n) is 5.71. The molecule has 0 aliphatic carbocycles. The zero-order valence-electron chi connectivity index (χ0n) is 10.3. The number of ketones is 1. The number of methoxy groups -OCH3 is 1. The predicted molar refractivity (Wildman–Crippen MR) is 77.5 cm³/mol. The number of rotatable bonds is 4. The quantitative estimate of drug-likeness (QED) is 0.780. The highest BCUT2D eigenvalue weighted by Crippen LogP contribution is 2.25. The topological polar surface area (TPSA) is 26.3 Å². The Bertz CT molecular complexity index is 609. The van der Waals surface area contributed by atoms with Gasteiger partial charge in [0.1, 0.15) is 5.75 Å². The number of Topliss-reactive ketones (excluding diaryl/α,β-unsaturated/α-hetero) is 1. The molecule has 2 rings (SSSR count).